The van der Waals surface area contributed by atoms with Gasteiger partial charge in [-0.1, -0.05) is 11.6 Å². The second kappa shape index (κ2) is 5.67. The number of aliphatic hydroxyl groups is 1. The van der Waals surface area contributed by atoms with Crippen molar-refractivity contribution in [2.45, 2.75) is 19.4 Å². The zero-order valence-electron chi connectivity index (χ0n) is 8.77. The number of anilines is 1. The summed E-state index contributed by atoms with van der Waals surface area (Å²) >= 11 is 5.88. The second-order valence-corrected chi connectivity index (χ2v) is 3.76. The lowest BCUT2D eigenvalue weighted by Gasteiger charge is -2.14. The Hall–Kier alpha value is -1.33. The minimum Gasteiger partial charge on any atom is -0.478 e. The summed E-state index contributed by atoms with van der Waals surface area (Å²) in [6, 6.07) is 1.31. The van der Waals surface area contributed by atoms with Crippen LogP contribution in [0.15, 0.2) is 12.3 Å². The Labute approximate surface area is 98.1 Å². The molecule has 1 aromatic heterocycles. The Kier molecular flexibility index (Phi) is 4.52. The second-order valence-electron chi connectivity index (χ2n) is 3.38. The third-order valence-electron chi connectivity index (χ3n) is 2.06. The van der Waals surface area contributed by atoms with E-state index in [2.05, 4.69) is 10.3 Å². The van der Waals surface area contributed by atoms with E-state index < -0.39 is 5.97 Å². The van der Waals surface area contributed by atoms with Gasteiger partial charge < -0.3 is 15.5 Å². The number of aliphatic hydroxyl groups excluding tert-OH is 1. The highest BCUT2D eigenvalue weighted by Gasteiger charge is 2.14. The van der Waals surface area contributed by atoms with Crippen LogP contribution in [-0.2, 0) is 0 Å². The predicted molar refractivity (Wildman–Crippen MR) is 61.0 cm³/mol. The molecule has 0 aliphatic rings. The Morgan fingerprint density at radius 3 is 2.94 bits per heavy atom. The number of carboxylic acid groups (broad SMARTS) is 1. The van der Waals surface area contributed by atoms with Crippen molar-refractivity contribution < 1.29 is 15.0 Å². The van der Waals surface area contributed by atoms with Gasteiger partial charge in [-0.25, -0.2) is 9.78 Å². The Morgan fingerprint density at radius 2 is 2.38 bits per heavy atom. The van der Waals surface area contributed by atoms with E-state index >= 15 is 0 Å². The molecule has 0 bridgehead atoms. The van der Waals surface area contributed by atoms with Gasteiger partial charge >= 0.3 is 5.97 Å². The number of pyridine rings is 1. The van der Waals surface area contributed by atoms with Crippen molar-refractivity contribution in [1.29, 1.82) is 0 Å². The maximum absolute atomic E-state index is 10.8. The molecule has 6 heteroatoms. The maximum atomic E-state index is 10.8. The number of nitrogens with one attached hydrogen (secondary N) is 1. The van der Waals surface area contributed by atoms with Crippen LogP contribution in [0.1, 0.15) is 23.7 Å². The van der Waals surface area contributed by atoms with Gasteiger partial charge in [0.15, 0.2) is 0 Å². The quantitative estimate of drug-likeness (QED) is 0.733. The van der Waals surface area contributed by atoms with Crippen molar-refractivity contribution in [1.82, 2.24) is 4.98 Å². The number of hydrogen-bond donors (Lipinski definition) is 3. The smallest absolute Gasteiger partial charge is 0.337 e. The molecule has 3 N–H and O–H groups in total. The van der Waals surface area contributed by atoms with E-state index in [1.807, 2.05) is 6.92 Å². The molecule has 5 nitrogen and oxygen atoms in total. The lowest BCUT2D eigenvalue weighted by molar-refractivity contribution is 0.0697. The van der Waals surface area contributed by atoms with E-state index in [4.69, 9.17) is 21.8 Å². The lowest BCUT2D eigenvalue weighted by atomic mass is 10.2. The molecule has 0 aromatic carbocycles. The number of halogens is 1. The van der Waals surface area contributed by atoms with Crippen molar-refractivity contribution in [2.24, 2.45) is 0 Å². The third kappa shape index (κ3) is 3.08. The molecule has 0 aliphatic heterocycles. The van der Waals surface area contributed by atoms with E-state index in [0.29, 0.717) is 12.2 Å². The van der Waals surface area contributed by atoms with Crippen LogP contribution in [0.4, 0.5) is 5.82 Å². The van der Waals surface area contributed by atoms with Crippen LogP contribution in [0.3, 0.4) is 0 Å². The molecule has 0 saturated carbocycles. The lowest BCUT2D eigenvalue weighted by Crippen LogP contribution is -2.18. The van der Waals surface area contributed by atoms with Crippen molar-refractivity contribution in [3.05, 3.63) is 22.8 Å². The highest BCUT2D eigenvalue weighted by molar-refractivity contribution is 6.35. The molecule has 0 saturated heterocycles. The normalized spacial score (nSPS) is 12.2. The molecule has 1 heterocycles. The van der Waals surface area contributed by atoms with Crippen molar-refractivity contribution in [3.63, 3.8) is 0 Å². The van der Waals surface area contributed by atoms with Gasteiger partial charge in [0.25, 0.3) is 0 Å². The van der Waals surface area contributed by atoms with Gasteiger partial charge in [0.1, 0.15) is 5.82 Å². The molecule has 1 atom stereocenters. The first-order chi connectivity index (χ1) is 7.56. The first kappa shape index (κ1) is 12.7. The summed E-state index contributed by atoms with van der Waals surface area (Å²) in [5, 5.41) is 20.6. The minimum atomic E-state index is -1.09. The molecule has 1 unspecified atom stereocenters. The largest absolute Gasteiger partial charge is 0.478 e. The summed E-state index contributed by atoms with van der Waals surface area (Å²) in [6.07, 6.45) is 1.92. The van der Waals surface area contributed by atoms with Crippen LogP contribution < -0.4 is 5.32 Å². The topological polar surface area (TPSA) is 82.5 Å². The van der Waals surface area contributed by atoms with Crippen LogP contribution in [0.25, 0.3) is 0 Å². The number of rotatable bonds is 5. The Morgan fingerprint density at radius 1 is 1.69 bits per heavy atom. The molecule has 16 heavy (non-hydrogen) atoms. The summed E-state index contributed by atoms with van der Waals surface area (Å²) in [6.45, 7) is 1.89. The Balaban J connectivity index is 2.89. The van der Waals surface area contributed by atoms with Crippen LogP contribution in [0.2, 0.25) is 5.02 Å². The zero-order chi connectivity index (χ0) is 12.1. The van der Waals surface area contributed by atoms with Crippen LogP contribution in [-0.4, -0.2) is 33.8 Å². The average Bonchev–Trinajstić information content (AvgIpc) is 2.21. The number of nitrogens with zero attached hydrogens (tertiary/aromatic N) is 1. The molecule has 0 radical (unpaired) electrons. The summed E-state index contributed by atoms with van der Waals surface area (Å²) in [5.41, 5.74) is 0.00960. The monoisotopic (exact) mass is 244 g/mol. The van der Waals surface area contributed by atoms with Crippen LogP contribution in [0, 0.1) is 0 Å². The highest BCUT2D eigenvalue weighted by Crippen LogP contribution is 2.24. The number of hydrogen-bond acceptors (Lipinski definition) is 4. The van der Waals surface area contributed by atoms with Gasteiger partial charge in [-0.3, -0.25) is 0 Å². The first-order valence-corrected chi connectivity index (χ1v) is 5.19. The summed E-state index contributed by atoms with van der Waals surface area (Å²) < 4.78 is 0. The van der Waals surface area contributed by atoms with Crippen molar-refractivity contribution in [2.75, 3.05) is 11.9 Å². The summed E-state index contributed by atoms with van der Waals surface area (Å²) in [4.78, 5) is 14.8. The summed E-state index contributed by atoms with van der Waals surface area (Å²) in [5.74, 6) is -0.771. The number of carbonyl (C=O) groups is 1. The van der Waals surface area contributed by atoms with E-state index in [-0.39, 0.29) is 23.2 Å². The third-order valence-corrected chi connectivity index (χ3v) is 2.45. The van der Waals surface area contributed by atoms with E-state index in [1.54, 1.807) is 0 Å². The van der Waals surface area contributed by atoms with E-state index in [9.17, 15) is 4.79 Å². The molecular weight excluding hydrogens is 232 g/mol. The molecule has 0 aliphatic carbocycles. The maximum Gasteiger partial charge on any atom is 0.337 e. The molecular formula is C10H13ClN2O3. The van der Waals surface area contributed by atoms with Crippen LogP contribution in [0.5, 0.6) is 0 Å². The SMILES string of the molecule is CC(CCO)Nc1nccc(C(=O)O)c1Cl. The minimum absolute atomic E-state index is 0.00960. The van der Waals surface area contributed by atoms with E-state index in [0.717, 1.165) is 0 Å². The average molecular weight is 245 g/mol. The van der Waals surface area contributed by atoms with Crippen molar-refractivity contribution >= 4 is 23.4 Å². The highest BCUT2D eigenvalue weighted by atomic mass is 35.5. The van der Waals surface area contributed by atoms with Gasteiger partial charge in [-0.05, 0) is 19.4 Å². The van der Waals surface area contributed by atoms with Gasteiger partial charge in [-0.2, -0.15) is 0 Å². The number of carboxylic acids is 1. The number of aromatic nitrogens is 1. The fourth-order valence-corrected chi connectivity index (χ4v) is 1.46. The van der Waals surface area contributed by atoms with Crippen molar-refractivity contribution in [3.8, 4) is 0 Å². The fraction of sp³-hybridized carbons (Fsp3) is 0.400. The van der Waals surface area contributed by atoms with Gasteiger partial charge in [0.05, 0.1) is 10.6 Å². The standard InChI is InChI=1S/C10H13ClN2O3/c1-6(3-5-14)13-9-8(11)7(10(15)16)2-4-12-9/h2,4,6,14H,3,5H2,1H3,(H,12,13)(H,15,16). The van der Waals surface area contributed by atoms with Gasteiger partial charge in [-0.15, -0.1) is 0 Å². The summed E-state index contributed by atoms with van der Waals surface area (Å²) in [7, 11) is 0. The van der Waals surface area contributed by atoms with Crippen LogP contribution >= 0.6 is 11.6 Å². The molecule has 1 aromatic rings. The Bertz CT molecular complexity index is 384. The van der Waals surface area contributed by atoms with E-state index in [1.165, 1.54) is 12.3 Å². The van der Waals surface area contributed by atoms with Gasteiger partial charge in [0.2, 0.25) is 0 Å². The molecule has 88 valence electrons. The molecule has 0 fully saturated rings. The molecule has 0 spiro atoms. The fourth-order valence-electron chi connectivity index (χ4n) is 1.21. The number of aromatic carboxylic acids is 1. The molecule has 1 rings (SSSR count). The molecule has 0 amide bonds. The first-order valence-electron chi connectivity index (χ1n) is 4.81. The zero-order valence-corrected chi connectivity index (χ0v) is 9.53. The predicted octanol–water partition coefficient (Wildman–Crippen LogP) is 1.62. The van der Waals surface area contributed by atoms with Gasteiger partial charge in [0, 0.05) is 18.8 Å².